The first kappa shape index (κ1) is 14.7. The lowest BCUT2D eigenvalue weighted by Crippen LogP contribution is -2.12. The fourth-order valence-corrected chi connectivity index (χ4v) is 3.32. The third-order valence-corrected chi connectivity index (χ3v) is 4.57. The highest BCUT2D eigenvalue weighted by Gasteiger charge is 2.21. The van der Waals surface area contributed by atoms with Gasteiger partial charge in [0, 0.05) is 0 Å². The van der Waals surface area contributed by atoms with Crippen LogP contribution in [0.3, 0.4) is 0 Å². The molecule has 0 aliphatic rings. The zero-order valence-electron chi connectivity index (χ0n) is 10.4. The van der Waals surface area contributed by atoms with Crippen LogP contribution in [0.2, 0.25) is 0 Å². The zero-order valence-corrected chi connectivity index (χ0v) is 11.2. The summed E-state index contributed by atoms with van der Waals surface area (Å²) < 4.78 is 24.1. The maximum atomic E-state index is 12.1. The van der Waals surface area contributed by atoms with Crippen LogP contribution in [0.1, 0.15) is 43.0 Å². The van der Waals surface area contributed by atoms with Crippen molar-refractivity contribution < 1.29 is 18.3 Å². The van der Waals surface area contributed by atoms with Crippen molar-refractivity contribution >= 4 is 15.8 Å². The van der Waals surface area contributed by atoms with Crippen LogP contribution < -0.4 is 0 Å². The van der Waals surface area contributed by atoms with Crippen LogP contribution in [0.5, 0.6) is 0 Å². The molecule has 1 aromatic carbocycles. The number of benzene rings is 1. The van der Waals surface area contributed by atoms with Crippen molar-refractivity contribution in [2.75, 3.05) is 5.75 Å². The molecule has 0 saturated carbocycles. The molecule has 0 saturated heterocycles. The third kappa shape index (κ3) is 3.84. The average molecular weight is 270 g/mol. The Balaban J connectivity index is 2.88. The van der Waals surface area contributed by atoms with E-state index in [1.54, 1.807) is 6.07 Å². The van der Waals surface area contributed by atoms with Crippen LogP contribution in [0.15, 0.2) is 29.2 Å². The summed E-state index contributed by atoms with van der Waals surface area (Å²) in [5.41, 5.74) is -0.145. The monoisotopic (exact) mass is 270 g/mol. The molecular weight excluding hydrogens is 252 g/mol. The number of sulfone groups is 1. The molecule has 0 spiro atoms. The number of carbonyl (C=O) groups is 1. The molecule has 0 fully saturated rings. The Morgan fingerprint density at radius 2 is 1.83 bits per heavy atom. The third-order valence-electron chi connectivity index (χ3n) is 2.72. The number of rotatable bonds is 7. The lowest BCUT2D eigenvalue weighted by atomic mass is 10.2. The van der Waals surface area contributed by atoms with Gasteiger partial charge in [-0.2, -0.15) is 0 Å². The van der Waals surface area contributed by atoms with E-state index in [1.807, 2.05) is 6.92 Å². The van der Waals surface area contributed by atoms with E-state index in [9.17, 15) is 13.2 Å². The van der Waals surface area contributed by atoms with E-state index in [2.05, 4.69) is 0 Å². The van der Waals surface area contributed by atoms with Crippen LogP contribution in [0.25, 0.3) is 0 Å². The second-order valence-electron chi connectivity index (χ2n) is 4.18. The minimum absolute atomic E-state index is 0.0112. The molecule has 0 amide bonds. The molecular formula is C13H18O4S. The molecule has 1 aromatic rings. The predicted molar refractivity (Wildman–Crippen MR) is 69.6 cm³/mol. The van der Waals surface area contributed by atoms with Gasteiger partial charge in [0.05, 0.1) is 16.2 Å². The van der Waals surface area contributed by atoms with Crippen molar-refractivity contribution in [2.24, 2.45) is 0 Å². The number of hydrogen-bond donors (Lipinski definition) is 1. The van der Waals surface area contributed by atoms with Gasteiger partial charge < -0.3 is 5.11 Å². The van der Waals surface area contributed by atoms with Crippen LogP contribution >= 0.6 is 0 Å². The highest BCUT2D eigenvalue weighted by Crippen LogP contribution is 2.18. The summed E-state index contributed by atoms with van der Waals surface area (Å²) in [6.45, 7) is 2.05. The molecule has 0 atom stereocenters. The molecule has 1 N–H and O–H groups in total. The van der Waals surface area contributed by atoms with Crippen molar-refractivity contribution in [1.29, 1.82) is 0 Å². The minimum atomic E-state index is -3.50. The molecule has 0 aromatic heterocycles. The van der Waals surface area contributed by atoms with Gasteiger partial charge in [0.2, 0.25) is 0 Å². The largest absolute Gasteiger partial charge is 0.478 e. The van der Waals surface area contributed by atoms with E-state index in [1.165, 1.54) is 18.2 Å². The summed E-state index contributed by atoms with van der Waals surface area (Å²) in [7, 11) is -3.50. The summed E-state index contributed by atoms with van der Waals surface area (Å²) in [6.07, 6.45) is 3.46. The first-order chi connectivity index (χ1) is 8.49. The van der Waals surface area contributed by atoms with Gasteiger partial charge >= 0.3 is 5.97 Å². The van der Waals surface area contributed by atoms with Gasteiger partial charge in [-0.25, -0.2) is 13.2 Å². The van der Waals surface area contributed by atoms with Crippen LogP contribution in [-0.4, -0.2) is 25.2 Å². The maximum Gasteiger partial charge on any atom is 0.337 e. The minimum Gasteiger partial charge on any atom is -0.478 e. The van der Waals surface area contributed by atoms with E-state index in [4.69, 9.17) is 5.11 Å². The van der Waals surface area contributed by atoms with Crippen LogP contribution in [0, 0.1) is 0 Å². The quantitative estimate of drug-likeness (QED) is 0.773. The Labute approximate surface area is 108 Å². The summed E-state index contributed by atoms with van der Waals surface area (Å²) in [5, 5.41) is 8.97. The molecule has 0 radical (unpaired) electrons. The summed E-state index contributed by atoms with van der Waals surface area (Å²) in [4.78, 5) is 10.9. The summed E-state index contributed by atoms with van der Waals surface area (Å²) in [6, 6.07) is 5.75. The van der Waals surface area contributed by atoms with Crippen molar-refractivity contribution in [2.45, 2.75) is 37.5 Å². The fourth-order valence-electron chi connectivity index (χ4n) is 1.74. The second kappa shape index (κ2) is 6.54. The summed E-state index contributed by atoms with van der Waals surface area (Å²) >= 11 is 0. The Morgan fingerprint density at radius 1 is 1.17 bits per heavy atom. The average Bonchev–Trinajstić information content (AvgIpc) is 2.35. The van der Waals surface area contributed by atoms with Gasteiger partial charge in [-0.15, -0.1) is 0 Å². The van der Waals surface area contributed by atoms with Gasteiger partial charge in [-0.05, 0) is 18.6 Å². The number of hydrogen-bond acceptors (Lipinski definition) is 3. The number of carboxylic acid groups (broad SMARTS) is 1. The fraction of sp³-hybridized carbons (Fsp3) is 0.462. The number of carboxylic acids is 1. The van der Waals surface area contributed by atoms with Crippen molar-refractivity contribution in [3.05, 3.63) is 29.8 Å². The smallest absolute Gasteiger partial charge is 0.337 e. The van der Waals surface area contributed by atoms with Crippen molar-refractivity contribution in [1.82, 2.24) is 0 Å². The van der Waals surface area contributed by atoms with Gasteiger partial charge in [0.25, 0.3) is 0 Å². The molecule has 0 heterocycles. The predicted octanol–water partition coefficient (Wildman–Crippen LogP) is 2.74. The first-order valence-corrected chi connectivity index (χ1v) is 7.69. The van der Waals surface area contributed by atoms with Gasteiger partial charge in [0.15, 0.2) is 9.84 Å². The lowest BCUT2D eigenvalue weighted by Gasteiger charge is -2.07. The topological polar surface area (TPSA) is 71.4 Å². The lowest BCUT2D eigenvalue weighted by molar-refractivity contribution is 0.0692. The second-order valence-corrected chi connectivity index (χ2v) is 6.26. The Hall–Kier alpha value is -1.36. The Kier molecular flexibility index (Phi) is 5.34. The van der Waals surface area contributed by atoms with E-state index in [0.717, 1.165) is 19.3 Å². The molecule has 18 heavy (non-hydrogen) atoms. The highest BCUT2D eigenvalue weighted by atomic mass is 32.2. The molecule has 0 bridgehead atoms. The van der Waals surface area contributed by atoms with Gasteiger partial charge in [-0.3, -0.25) is 0 Å². The first-order valence-electron chi connectivity index (χ1n) is 6.04. The van der Waals surface area contributed by atoms with E-state index in [0.29, 0.717) is 6.42 Å². The highest BCUT2D eigenvalue weighted by molar-refractivity contribution is 7.91. The SMILES string of the molecule is CCCCCCS(=O)(=O)c1ccccc1C(=O)O. The van der Waals surface area contributed by atoms with Crippen LogP contribution in [-0.2, 0) is 9.84 Å². The van der Waals surface area contributed by atoms with E-state index < -0.39 is 15.8 Å². The van der Waals surface area contributed by atoms with Crippen molar-refractivity contribution in [3.8, 4) is 0 Å². The molecule has 1 rings (SSSR count). The van der Waals surface area contributed by atoms with Gasteiger partial charge in [-0.1, -0.05) is 38.3 Å². The molecule has 0 aliphatic heterocycles. The molecule has 4 nitrogen and oxygen atoms in total. The molecule has 100 valence electrons. The van der Waals surface area contributed by atoms with E-state index in [-0.39, 0.29) is 16.2 Å². The van der Waals surface area contributed by atoms with Crippen LogP contribution in [0.4, 0.5) is 0 Å². The zero-order chi connectivity index (χ0) is 13.6. The van der Waals surface area contributed by atoms with Gasteiger partial charge in [0.1, 0.15) is 0 Å². The Morgan fingerprint density at radius 3 is 2.44 bits per heavy atom. The number of aromatic carboxylic acids is 1. The molecule has 0 unspecified atom stereocenters. The molecule has 5 heteroatoms. The number of unbranched alkanes of at least 4 members (excludes halogenated alkanes) is 3. The summed E-state index contributed by atoms with van der Waals surface area (Å²) in [5.74, 6) is -1.19. The standard InChI is InChI=1S/C13H18O4S/c1-2-3-4-7-10-18(16,17)12-9-6-5-8-11(12)13(14)15/h5-6,8-9H,2-4,7,10H2,1H3,(H,14,15). The normalized spacial score (nSPS) is 11.4. The Bertz CT molecular complexity index is 505. The maximum absolute atomic E-state index is 12.1. The van der Waals surface area contributed by atoms with Crippen molar-refractivity contribution in [3.63, 3.8) is 0 Å². The van der Waals surface area contributed by atoms with E-state index >= 15 is 0 Å². The molecule has 0 aliphatic carbocycles.